The summed E-state index contributed by atoms with van der Waals surface area (Å²) in [7, 11) is 0. The molecule has 3 saturated carbocycles. The zero-order valence-corrected chi connectivity index (χ0v) is 14.9. The molecule has 0 aromatic rings. The van der Waals surface area contributed by atoms with Crippen molar-refractivity contribution in [3.05, 3.63) is 11.6 Å². The number of ketones is 2. The van der Waals surface area contributed by atoms with Gasteiger partial charge >= 0.3 is 0 Å². The van der Waals surface area contributed by atoms with E-state index in [-0.39, 0.29) is 23.0 Å². The van der Waals surface area contributed by atoms with Crippen molar-refractivity contribution in [2.24, 2.45) is 34.5 Å². The fourth-order valence-electron chi connectivity index (χ4n) is 7.16. The van der Waals surface area contributed by atoms with E-state index in [4.69, 9.17) is 0 Å². The summed E-state index contributed by atoms with van der Waals surface area (Å²) in [4.78, 5) is 25.0. The van der Waals surface area contributed by atoms with Gasteiger partial charge in [0.15, 0.2) is 0 Å². The van der Waals surface area contributed by atoms with E-state index in [9.17, 15) is 9.59 Å². The van der Waals surface area contributed by atoms with Gasteiger partial charge in [-0.25, -0.2) is 0 Å². The highest BCUT2D eigenvalue weighted by Gasteiger charge is 2.62. The molecule has 0 aliphatic heterocycles. The third kappa shape index (κ3) is 1.99. The quantitative estimate of drug-likeness (QED) is 0.656. The summed E-state index contributed by atoms with van der Waals surface area (Å²) in [5.74, 6) is 1.95. The maximum absolute atomic E-state index is 12.9. The van der Waals surface area contributed by atoms with Crippen molar-refractivity contribution in [3.63, 3.8) is 0 Å². The van der Waals surface area contributed by atoms with Gasteiger partial charge in [-0.2, -0.15) is 0 Å². The molecule has 126 valence electrons. The van der Waals surface area contributed by atoms with Gasteiger partial charge in [0.25, 0.3) is 0 Å². The van der Waals surface area contributed by atoms with E-state index >= 15 is 0 Å². The third-order valence-electron chi connectivity index (χ3n) is 8.28. The van der Waals surface area contributed by atoms with Crippen molar-refractivity contribution >= 4 is 11.6 Å². The van der Waals surface area contributed by atoms with E-state index in [0.29, 0.717) is 29.5 Å². The summed E-state index contributed by atoms with van der Waals surface area (Å²) in [6.07, 6.45) is 11.5. The summed E-state index contributed by atoms with van der Waals surface area (Å²) in [6, 6.07) is 0. The fraction of sp³-hybridized carbons (Fsp3) is 0.810. The number of Topliss-reactive ketones (excluding diaryl/α,β-unsaturated/α-hetero) is 2. The number of hydrogen-bond acceptors (Lipinski definition) is 2. The van der Waals surface area contributed by atoms with Gasteiger partial charge in [0.2, 0.25) is 0 Å². The first-order valence-electron chi connectivity index (χ1n) is 9.60. The minimum atomic E-state index is -0.0592. The van der Waals surface area contributed by atoms with Crippen LogP contribution in [0.5, 0.6) is 0 Å². The SMILES string of the molecule is CC(=O)[C@H]1CC(=O)[C@H]2[C@@H]3CCC4=CCCC[C@]4(C)[C@H]3CC[C@]12C. The van der Waals surface area contributed by atoms with Gasteiger partial charge in [-0.1, -0.05) is 25.5 Å². The van der Waals surface area contributed by atoms with Gasteiger partial charge in [-0.3, -0.25) is 9.59 Å². The standard InChI is InChI=1S/C21H30O2/c1-13(22)17-12-18(23)19-15-8-7-14-6-4-5-10-20(14,2)16(15)9-11-21(17,19)3/h6,15-17,19H,4-5,7-12H2,1-3H3/t15-,16+,17-,19-,20+,21-/m1/s1. The predicted molar refractivity (Wildman–Crippen MR) is 90.9 cm³/mol. The van der Waals surface area contributed by atoms with Gasteiger partial charge in [-0.15, -0.1) is 0 Å². The highest BCUT2D eigenvalue weighted by atomic mass is 16.1. The first-order chi connectivity index (χ1) is 10.9. The highest BCUT2D eigenvalue weighted by Crippen LogP contribution is 2.65. The smallest absolute Gasteiger partial charge is 0.137 e. The maximum atomic E-state index is 12.9. The molecule has 0 unspecified atom stereocenters. The molecule has 23 heavy (non-hydrogen) atoms. The Bertz CT molecular complexity index is 589. The van der Waals surface area contributed by atoms with Crippen LogP contribution < -0.4 is 0 Å². The molecule has 0 heterocycles. The largest absolute Gasteiger partial charge is 0.300 e. The van der Waals surface area contributed by atoms with E-state index in [1.54, 1.807) is 12.5 Å². The van der Waals surface area contributed by atoms with Crippen LogP contribution in [0.3, 0.4) is 0 Å². The first-order valence-corrected chi connectivity index (χ1v) is 9.60. The molecule has 0 aromatic heterocycles. The predicted octanol–water partition coefficient (Wildman–Crippen LogP) is 4.72. The summed E-state index contributed by atoms with van der Waals surface area (Å²) < 4.78 is 0. The van der Waals surface area contributed by atoms with Crippen molar-refractivity contribution in [2.45, 2.75) is 72.1 Å². The molecule has 3 fully saturated rings. The Morgan fingerprint density at radius 1 is 1.22 bits per heavy atom. The van der Waals surface area contributed by atoms with Crippen LogP contribution in [0.15, 0.2) is 11.6 Å². The van der Waals surface area contributed by atoms with Crippen molar-refractivity contribution in [3.8, 4) is 0 Å². The van der Waals surface area contributed by atoms with Gasteiger partial charge in [0, 0.05) is 18.3 Å². The molecule has 6 atom stereocenters. The molecular weight excluding hydrogens is 284 g/mol. The molecule has 0 aromatic carbocycles. The molecule has 0 bridgehead atoms. The average Bonchev–Trinajstić information content (AvgIpc) is 2.78. The Kier molecular flexibility index (Phi) is 3.42. The number of carbonyl (C=O) groups excluding carboxylic acids is 2. The molecule has 0 N–H and O–H groups in total. The molecule has 0 amide bonds. The second-order valence-corrected chi connectivity index (χ2v) is 9.20. The minimum absolute atomic E-state index is 0.0166. The van der Waals surface area contributed by atoms with Crippen LogP contribution in [0.2, 0.25) is 0 Å². The number of hydrogen-bond donors (Lipinski definition) is 0. The van der Waals surface area contributed by atoms with E-state index in [1.165, 1.54) is 38.5 Å². The number of carbonyl (C=O) groups is 2. The lowest BCUT2D eigenvalue weighted by Crippen LogP contribution is -2.51. The van der Waals surface area contributed by atoms with Crippen molar-refractivity contribution in [1.82, 2.24) is 0 Å². The number of fused-ring (bicyclic) bond motifs is 5. The van der Waals surface area contributed by atoms with Crippen LogP contribution >= 0.6 is 0 Å². The van der Waals surface area contributed by atoms with E-state index < -0.39 is 0 Å². The molecular formula is C21H30O2. The van der Waals surface area contributed by atoms with Crippen molar-refractivity contribution in [2.75, 3.05) is 0 Å². The zero-order valence-electron chi connectivity index (χ0n) is 14.9. The molecule has 4 rings (SSSR count). The molecule has 2 nitrogen and oxygen atoms in total. The lowest BCUT2D eigenvalue weighted by molar-refractivity contribution is -0.132. The Morgan fingerprint density at radius 2 is 2.00 bits per heavy atom. The Hall–Kier alpha value is -0.920. The number of rotatable bonds is 1. The topological polar surface area (TPSA) is 34.1 Å². The highest BCUT2D eigenvalue weighted by molar-refractivity contribution is 5.93. The lowest BCUT2D eigenvalue weighted by Gasteiger charge is -2.57. The summed E-state index contributed by atoms with van der Waals surface area (Å²) in [5.41, 5.74) is 1.95. The van der Waals surface area contributed by atoms with Gasteiger partial charge in [0.05, 0.1) is 0 Å². The summed E-state index contributed by atoms with van der Waals surface area (Å²) in [6.45, 7) is 6.42. The Labute approximate surface area is 140 Å². The molecule has 0 radical (unpaired) electrons. The lowest BCUT2D eigenvalue weighted by atomic mass is 9.46. The van der Waals surface area contributed by atoms with E-state index in [2.05, 4.69) is 19.9 Å². The molecule has 0 saturated heterocycles. The monoisotopic (exact) mass is 314 g/mol. The maximum Gasteiger partial charge on any atom is 0.137 e. The van der Waals surface area contributed by atoms with Gasteiger partial charge in [0.1, 0.15) is 11.6 Å². The van der Waals surface area contributed by atoms with Crippen molar-refractivity contribution < 1.29 is 9.59 Å². The Balaban J connectivity index is 1.72. The van der Waals surface area contributed by atoms with Gasteiger partial charge in [-0.05, 0) is 74.5 Å². The average molecular weight is 314 g/mol. The van der Waals surface area contributed by atoms with Crippen molar-refractivity contribution in [1.29, 1.82) is 0 Å². The van der Waals surface area contributed by atoms with Crippen LogP contribution in [0.1, 0.15) is 72.1 Å². The second kappa shape index (κ2) is 5.04. The molecule has 2 heteroatoms. The summed E-state index contributed by atoms with van der Waals surface area (Å²) >= 11 is 0. The fourth-order valence-corrected chi connectivity index (χ4v) is 7.16. The number of allylic oxidation sites excluding steroid dienone is 2. The Morgan fingerprint density at radius 3 is 2.74 bits per heavy atom. The van der Waals surface area contributed by atoms with Crippen LogP contribution in [-0.2, 0) is 9.59 Å². The third-order valence-corrected chi connectivity index (χ3v) is 8.28. The first kappa shape index (κ1) is 15.6. The zero-order chi connectivity index (χ0) is 16.4. The minimum Gasteiger partial charge on any atom is -0.300 e. The van der Waals surface area contributed by atoms with E-state index in [1.807, 2.05) is 0 Å². The van der Waals surface area contributed by atoms with Crippen LogP contribution in [0.25, 0.3) is 0 Å². The van der Waals surface area contributed by atoms with Crippen LogP contribution in [0, 0.1) is 34.5 Å². The molecule has 4 aliphatic rings. The van der Waals surface area contributed by atoms with Crippen LogP contribution in [-0.4, -0.2) is 11.6 Å². The van der Waals surface area contributed by atoms with Crippen LogP contribution in [0.4, 0.5) is 0 Å². The molecule has 0 spiro atoms. The molecule has 4 aliphatic carbocycles. The van der Waals surface area contributed by atoms with Gasteiger partial charge < -0.3 is 0 Å². The second-order valence-electron chi connectivity index (χ2n) is 9.20. The van der Waals surface area contributed by atoms with E-state index in [0.717, 1.165) is 6.42 Å². The summed E-state index contributed by atoms with van der Waals surface area (Å²) in [5, 5.41) is 0. The normalized spacial score (nSPS) is 49.0.